The van der Waals surface area contributed by atoms with Gasteiger partial charge in [-0.2, -0.15) is 0 Å². The molecule has 0 radical (unpaired) electrons. The minimum absolute atomic E-state index is 0. The highest BCUT2D eigenvalue weighted by Crippen LogP contribution is 2.32. The molecule has 3 aliphatic heterocycles. The van der Waals surface area contributed by atoms with Crippen LogP contribution in [0.3, 0.4) is 0 Å². The van der Waals surface area contributed by atoms with Crippen LogP contribution in [-0.4, -0.2) is 47.6 Å². The fourth-order valence-electron chi connectivity index (χ4n) is 4.59. The minimum atomic E-state index is -0.976. The van der Waals surface area contributed by atoms with Gasteiger partial charge in [0.1, 0.15) is 5.58 Å². The average Bonchev–Trinajstić information content (AvgIpc) is 3.19. The Balaban J connectivity index is 0.00000218. The molecule has 1 amide bonds. The first-order chi connectivity index (χ1) is 14.1. The molecule has 1 aromatic heterocycles. The summed E-state index contributed by atoms with van der Waals surface area (Å²) in [4.78, 5) is 26.6. The number of carboxylic acid groups (broad SMARTS) is 1. The van der Waals surface area contributed by atoms with Crippen molar-refractivity contribution in [3.8, 4) is 11.1 Å². The number of amides is 1. The van der Waals surface area contributed by atoms with Gasteiger partial charge in [-0.05, 0) is 55.6 Å². The fraction of sp³-hybridized carbons (Fsp3) is 0.304. The topological polar surface area (TPSA) is 82.8 Å². The molecule has 0 saturated carbocycles. The highest BCUT2D eigenvalue weighted by atomic mass is 35.5. The maximum atomic E-state index is 12.8. The summed E-state index contributed by atoms with van der Waals surface area (Å²) in [5, 5.41) is 13.2. The monoisotopic (exact) mass is 426 g/mol. The number of aromatic carboxylic acids is 1. The third-order valence-corrected chi connectivity index (χ3v) is 6.16. The molecule has 30 heavy (non-hydrogen) atoms. The van der Waals surface area contributed by atoms with Crippen LogP contribution in [0.25, 0.3) is 22.1 Å². The zero-order chi connectivity index (χ0) is 20.0. The van der Waals surface area contributed by atoms with Crippen molar-refractivity contribution < 1.29 is 19.1 Å². The number of rotatable bonds is 4. The molecule has 0 spiro atoms. The molecule has 6 nitrogen and oxygen atoms in total. The molecule has 2 aromatic carbocycles. The van der Waals surface area contributed by atoms with E-state index in [2.05, 4.69) is 10.2 Å². The molecule has 3 fully saturated rings. The number of benzene rings is 2. The molecular formula is C23H23ClN2O4. The van der Waals surface area contributed by atoms with E-state index in [0.717, 1.165) is 49.0 Å². The fourth-order valence-corrected chi connectivity index (χ4v) is 4.59. The van der Waals surface area contributed by atoms with E-state index >= 15 is 0 Å². The second kappa shape index (κ2) is 8.13. The highest BCUT2D eigenvalue weighted by Gasteiger charge is 2.35. The summed E-state index contributed by atoms with van der Waals surface area (Å²) in [6.07, 6.45) is 2.27. The van der Waals surface area contributed by atoms with Gasteiger partial charge in [-0.15, -0.1) is 12.4 Å². The number of nitrogens with zero attached hydrogens (tertiary/aromatic N) is 1. The van der Waals surface area contributed by atoms with Crippen molar-refractivity contribution in [3.63, 3.8) is 0 Å². The minimum Gasteiger partial charge on any atom is -0.478 e. The Hall–Kier alpha value is -2.83. The quantitative estimate of drug-likeness (QED) is 0.657. The van der Waals surface area contributed by atoms with Crippen LogP contribution in [0.5, 0.6) is 0 Å². The number of hydrogen-bond donors (Lipinski definition) is 2. The van der Waals surface area contributed by atoms with E-state index in [1.165, 1.54) is 0 Å². The van der Waals surface area contributed by atoms with Gasteiger partial charge in [0.05, 0.1) is 5.56 Å². The number of carboxylic acids is 1. The molecule has 156 valence electrons. The van der Waals surface area contributed by atoms with Crippen molar-refractivity contribution in [2.75, 3.05) is 19.6 Å². The molecular weight excluding hydrogens is 404 g/mol. The molecule has 3 saturated heterocycles. The lowest BCUT2D eigenvalue weighted by Gasteiger charge is -2.44. The molecule has 2 bridgehead atoms. The first-order valence-corrected chi connectivity index (χ1v) is 9.98. The maximum Gasteiger partial charge on any atom is 0.335 e. The van der Waals surface area contributed by atoms with Crippen LogP contribution in [0, 0.1) is 5.92 Å². The van der Waals surface area contributed by atoms with Crippen molar-refractivity contribution in [2.45, 2.75) is 18.9 Å². The Morgan fingerprint density at radius 3 is 2.53 bits per heavy atom. The third-order valence-electron chi connectivity index (χ3n) is 6.16. The van der Waals surface area contributed by atoms with Crippen molar-refractivity contribution in [2.24, 2.45) is 5.92 Å². The molecule has 1 atom stereocenters. The molecule has 6 rings (SSSR count). The van der Waals surface area contributed by atoms with Gasteiger partial charge in [0.25, 0.3) is 5.91 Å². The highest BCUT2D eigenvalue weighted by molar-refractivity contribution is 6.00. The summed E-state index contributed by atoms with van der Waals surface area (Å²) in [7, 11) is 0. The number of para-hydroxylation sites is 1. The SMILES string of the molecule is Cl.O=C(O)c1cccc(-c2cccc3cc(C(=O)N[C@@H]4CN5CCC4CC5)oc23)c1. The van der Waals surface area contributed by atoms with E-state index in [-0.39, 0.29) is 29.9 Å². The van der Waals surface area contributed by atoms with E-state index < -0.39 is 5.97 Å². The Kier molecular flexibility index (Phi) is 5.54. The molecule has 0 aliphatic carbocycles. The number of piperidine rings is 3. The second-order valence-electron chi connectivity index (χ2n) is 7.94. The van der Waals surface area contributed by atoms with Crippen molar-refractivity contribution in [1.82, 2.24) is 10.2 Å². The van der Waals surface area contributed by atoms with Gasteiger partial charge < -0.3 is 19.7 Å². The maximum absolute atomic E-state index is 12.8. The van der Waals surface area contributed by atoms with Crippen LogP contribution in [0.15, 0.2) is 52.9 Å². The predicted molar refractivity (Wildman–Crippen MR) is 116 cm³/mol. The van der Waals surface area contributed by atoms with Crippen LogP contribution >= 0.6 is 12.4 Å². The van der Waals surface area contributed by atoms with Crippen LogP contribution in [0.4, 0.5) is 0 Å². The van der Waals surface area contributed by atoms with Gasteiger partial charge in [0.15, 0.2) is 5.76 Å². The van der Waals surface area contributed by atoms with E-state index in [1.54, 1.807) is 24.3 Å². The number of furan rings is 1. The normalized spacial score (nSPS) is 22.5. The Labute approximate surface area is 180 Å². The summed E-state index contributed by atoms with van der Waals surface area (Å²) in [6, 6.07) is 14.3. The zero-order valence-electron chi connectivity index (χ0n) is 16.3. The number of halogens is 1. The van der Waals surface area contributed by atoms with Gasteiger partial charge in [-0.1, -0.05) is 30.3 Å². The molecule has 4 heterocycles. The lowest BCUT2D eigenvalue weighted by atomic mass is 9.84. The van der Waals surface area contributed by atoms with Crippen molar-refractivity contribution in [1.29, 1.82) is 0 Å². The number of carbonyl (C=O) groups is 2. The number of nitrogens with one attached hydrogen (secondary N) is 1. The Morgan fingerprint density at radius 2 is 1.83 bits per heavy atom. The van der Waals surface area contributed by atoms with Gasteiger partial charge in [-0.25, -0.2) is 4.79 Å². The van der Waals surface area contributed by atoms with E-state index in [1.807, 2.05) is 24.3 Å². The van der Waals surface area contributed by atoms with Crippen LogP contribution in [-0.2, 0) is 0 Å². The second-order valence-corrected chi connectivity index (χ2v) is 7.94. The van der Waals surface area contributed by atoms with E-state index in [9.17, 15) is 14.7 Å². The molecule has 3 aliphatic rings. The number of fused-ring (bicyclic) bond motifs is 4. The van der Waals surface area contributed by atoms with Gasteiger partial charge in [-0.3, -0.25) is 4.79 Å². The molecule has 7 heteroatoms. The standard InChI is InChI=1S/C23H22N2O4.ClH/c26-22(24-19-13-25-9-7-14(19)8-10-25)20-12-16-4-2-6-18(21(16)29-20)15-3-1-5-17(11-15)23(27)28;/h1-6,11-12,14,19H,7-10,13H2,(H,24,26)(H,27,28);1H/t19-;/m1./s1. The lowest BCUT2D eigenvalue weighted by Crippen LogP contribution is -2.57. The van der Waals surface area contributed by atoms with Crippen molar-refractivity contribution >= 4 is 35.3 Å². The third kappa shape index (κ3) is 3.68. The Bertz CT molecular complexity index is 1100. The van der Waals surface area contributed by atoms with Crippen molar-refractivity contribution in [3.05, 3.63) is 59.9 Å². The first kappa shape index (κ1) is 20.4. The Morgan fingerprint density at radius 1 is 1.07 bits per heavy atom. The zero-order valence-corrected chi connectivity index (χ0v) is 17.2. The number of hydrogen-bond acceptors (Lipinski definition) is 4. The van der Waals surface area contributed by atoms with Crippen LogP contribution in [0.1, 0.15) is 33.8 Å². The van der Waals surface area contributed by atoms with Gasteiger partial charge >= 0.3 is 5.97 Å². The van der Waals surface area contributed by atoms with Gasteiger partial charge in [0.2, 0.25) is 0 Å². The largest absolute Gasteiger partial charge is 0.478 e. The summed E-state index contributed by atoms with van der Waals surface area (Å²) in [5.41, 5.74) is 2.32. The predicted octanol–water partition coefficient (Wildman–Crippen LogP) is 4.04. The smallest absolute Gasteiger partial charge is 0.335 e. The number of carbonyl (C=O) groups excluding carboxylic acids is 1. The summed E-state index contributed by atoms with van der Waals surface area (Å²) >= 11 is 0. The first-order valence-electron chi connectivity index (χ1n) is 9.98. The van der Waals surface area contributed by atoms with Crippen LogP contribution < -0.4 is 5.32 Å². The van der Waals surface area contributed by atoms with Gasteiger partial charge in [0, 0.05) is 23.5 Å². The average molecular weight is 427 g/mol. The molecule has 3 aromatic rings. The molecule has 0 unspecified atom stereocenters. The summed E-state index contributed by atoms with van der Waals surface area (Å²) < 4.78 is 5.96. The van der Waals surface area contributed by atoms with E-state index in [0.29, 0.717) is 17.3 Å². The van der Waals surface area contributed by atoms with Crippen LogP contribution in [0.2, 0.25) is 0 Å². The molecule has 2 N–H and O–H groups in total. The summed E-state index contributed by atoms with van der Waals surface area (Å²) in [5.74, 6) is -0.331. The summed E-state index contributed by atoms with van der Waals surface area (Å²) in [6.45, 7) is 3.16. The van der Waals surface area contributed by atoms with E-state index in [4.69, 9.17) is 4.42 Å². The lowest BCUT2D eigenvalue weighted by molar-refractivity contribution is 0.0606.